The lowest BCUT2D eigenvalue weighted by molar-refractivity contribution is -0.119. The van der Waals surface area contributed by atoms with Crippen LogP contribution in [0, 0.1) is 5.92 Å². The van der Waals surface area contributed by atoms with Crippen LogP contribution in [-0.4, -0.2) is 34.7 Å². The number of hydrogen-bond acceptors (Lipinski definition) is 4. The third-order valence-electron chi connectivity index (χ3n) is 4.63. The van der Waals surface area contributed by atoms with Gasteiger partial charge in [0.25, 0.3) is 5.91 Å². The Balaban J connectivity index is 1.57. The topological polar surface area (TPSA) is 102 Å². The molecule has 2 amide bonds. The number of carbonyl (C=O) groups is 2. The molecular weight excluding hydrogens is 330 g/mol. The number of hydrogen-bond donors (Lipinski definition) is 3. The molecule has 1 aliphatic heterocycles. The van der Waals surface area contributed by atoms with Crippen molar-refractivity contribution in [2.75, 3.05) is 18.4 Å². The number of nitrogens with zero attached hydrogens (tertiary/aromatic N) is 2. The monoisotopic (exact) mass is 349 g/mol. The number of carbonyl (C=O) groups excluding carboxylic acids is 2. The van der Waals surface area contributed by atoms with E-state index < -0.39 is 5.91 Å². The van der Waals surface area contributed by atoms with Crippen molar-refractivity contribution in [1.82, 2.24) is 15.1 Å². The van der Waals surface area contributed by atoms with E-state index in [1.807, 2.05) is 36.5 Å². The first kappa shape index (κ1) is 16.3. The molecule has 7 nitrogen and oxygen atoms in total. The molecule has 0 unspecified atom stereocenters. The molecule has 4 N–H and O–H groups in total. The number of rotatable bonds is 4. The molecule has 7 heteroatoms. The molecule has 1 aliphatic rings. The average molecular weight is 349 g/mol. The normalized spacial score (nSPS) is 16.7. The van der Waals surface area contributed by atoms with Crippen LogP contribution in [0.1, 0.15) is 16.8 Å². The van der Waals surface area contributed by atoms with E-state index >= 15 is 0 Å². The number of nitrogens with two attached hydrogens (primary N) is 1. The molecule has 1 atom stereocenters. The standard InChI is InChI=1S/C19H19N5O2/c20-18(25)16-3-1-2-13-11-24(23-17(13)16)15-6-4-14(5-7-15)22-19(26)12-8-9-21-10-12/h1-7,11-12,21H,8-10H2,(H2,20,25)(H,22,26)/t12-/m0/s1. The zero-order valence-electron chi connectivity index (χ0n) is 14.1. The van der Waals surface area contributed by atoms with Gasteiger partial charge in [0.05, 0.1) is 17.2 Å². The Bertz CT molecular complexity index is 971. The summed E-state index contributed by atoms with van der Waals surface area (Å²) >= 11 is 0. The van der Waals surface area contributed by atoms with Crippen LogP contribution in [0.2, 0.25) is 0 Å². The molecule has 2 heterocycles. The lowest BCUT2D eigenvalue weighted by Gasteiger charge is -2.10. The molecular formula is C19H19N5O2. The van der Waals surface area contributed by atoms with Crippen LogP contribution in [-0.2, 0) is 4.79 Å². The van der Waals surface area contributed by atoms with Gasteiger partial charge >= 0.3 is 0 Å². The van der Waals surface area contributed by atoms with Crippen molar-refractivity contribution in [3.05, 3.63) is 54.2 Å². The molecule has 0 bridgehead atoms. The zero-order valence-corrected chi connectivity index (χ0v) is 14.1. The minimum Gasteiger partial charge on any atom is -0.366 e. The fourth-order valence-corrected chi connectivity index (χ4v) is 3.20. The van der Waals surface area contributed by atoms with Gasteiger partial charge in [-0.1, -0.05) is 12.1 Å². The lowest BCUT2D eigenvalue weighted by Crippen LogP contribution is -2.24. The first-order chi connectivity index (χ1) is 12.6. The highest BCUT2D eigenvalue weighted by Crippen LogP contribution is 2.21. The summed E-state index contributed by atoms with van der Waals surface area (Å²) in [6, 6.07) is 12.8. The minimum atomic E-state index is -0.500. The summed E-state index contributed by atoms with van der Waals surface area (Å²) in [5, 5.41) is 11.5. The SMILES string of the molecule is NC(=O)c1cccc2cn(-c3ccc(NC(=O)[C@H]4CCNC4)cc3)nc12. The number of nitrogens with one attached hydrogen (secondary N) is 2. The summed E-state index contributed by atoms with van der Waals surface area (Å²) in [6.45, 7) is 1.61. The maximum Gasteiger partial charge on any atom is 0.250 e. The van der Waals surface area contributed by atoms with Gasteiger partial charge in [0.15, 0.2) is 0 Å². The van der Waals surface area contributed by atoms with Crippen molar-refractivity contribution in [1.29, 1.82) is 0 Å². The van der Waals surface area contributed by atoms with E-state index in [9.17, 15) is 9.59 Å². The Hall–Kier alpha value is -3.19. The molecule has 0 saturated carbocycles. The summed E-state index contributed by atoms with van der Waals surface area (Å²) in [4.78, 5) is 23.7. The summed E-state index contributed by atoms with van der Waals surface area (Å²) in [5.41, 5.74) is 7.97. The Morgan fingerprint density at radius 3 is 2.69 bits per heavy atom. The molecule has 1 fully saturated rings. The number of anilines is 1. The van der Waals surface area contributed by atoms with Crippen LogP contribution in [0.3, 0.4) is 0 Å². The second kappa shape index (κ2) is 6.61. The molecule has 1 aromatic heterocycles. The molecule has 4 rings (SSSR count). The Labute approximate surface area is 150 Å². The molecule has 2 aromatic carbocycles. The molecule has 1 saturated heterocycles. The molecule has 3 aromatic rings. The van der Waals surface area contributed by atoms with Crippen LogP contribution >= 0.6 is 0 Å². The first-order valence-corrected chi connectivity index (χ1v) is 8.52. The van der Waals surface area contributed by atoms with E-state index in [0.29, 0.717) is 11.1 Å². The van der Waals surface area contributed by atoms with Crippen molar-refractivity contribution < 1.29 is 9.59 Å². The fraction of sp³-hybridized carbons (Fsp3) is 0.211. The average Bonchev–Trinajstić information content (AvgIpc) is 3.31. The van der Waals surface area contributed by atoms with Crippen LogP contribution in [0.15, 0.2) is 48.7 Å². The van der Waals surface area contributed by atoms with Crippen molar-refractivity contribution in [3.63, 3.8) is 0 Å². The van der Waals surface area contributed by atoms with Crippen LogP contribution in [0.5, 0.6) is 0 Å². The second-order valence-corrected chi connectivity index (χ2v) is 6.41. The van der Waals surface area contributed by atoms with Gasteiger partial charge in [-0.05, 0) is 43.3 Å². The van der Waals surface area contributed by atoms with Gasteiger partial charge < -0.3 is 16.4 Å². The van der Waals surface area contributed by atoms with E-state index in [0.717, 1.165) is 36.3 Å². The van der Waals surface area contributed by atoms with Crippen molar-refractivity contribution >= 4 is 28.4 Å². The predicted molar refractivity (Wildman–Crippen MR) is 99.2 cm³/mol. The summed E-state index contributed by atoms with van der Waals surface area (Å²) in [6.07, 6.45) is 2.71. The Morgan fingerprint density at radius 1 is 1.19 bits per heavy atom. The van der Waals surface area contributed by atoms with E-state index in [-0.39, 0.29) is 11.8 Å². The summed E-state index contributed by atoms with van der Waals surface area (Å²) in [5.74, 6) is -0.433. The van der Waals surface area contributed by atoms with Gasteiger partial charge in [-0.15, -0.1) is 0 Å². The van der Waals surface area contributed by atoms with E-state index in [4.69, 9.17) is 5.73 Å². The van der Waals surface area contributed by atoms with Gasteiger partial charge in [0, 0.05) is 23.8 Å². The van der Waals surface area contributed by atoms with Crippen LogP contribution < -0.4 is 16.4 Å². The Kier molecular flexibility index (Phi) is 4.14. The minimum absolute atomic E-state index is 0.0262. The maximum absolute atomic E-state index is 12.2. The zero-order chi connectivity index (χ0) is 18.1. The molecule has 0 aliphatic carbocycles. The van der Waals surface area contributed by atoms with Gasteiger partial charge in [-0.2, -0.15) is 5.10 Å². The molecule has 132 valence electrons. The highest BCUT2D eigenvalue weighted by Gasteiger charge is 2.22. The van der Waals surface area contributed by atoms with Crippen molar-refractivity contribution in [2.24, 2.45) is 11.7 Å². The fourth-order valence-electron chi connectivity index (χ4n) is 3.20. The number of aromatic nitrogens is 2. The largest absolute Gasteiger partial charge is 0.366 e. The smallest absolute Gasteiger partial charge is 0.250 e. The first-order valence-electron chi connectivity index (χ1n) is 8.52. The highest BCUT2D eigenvalue weighted by molar-refractivity contribution is 6.04. The van der Waals surface area contributed by atoms with Crippen molar-refractivity contribution in [2.45, 2.75) is 6.42 Å². The number of amides is 2. The number of primary amides is 1. The van der Waals surface area contributed by atoms with Gasteiger partial charge in [0.2, 0.25) is 5.91 Å². The maximum atomic E-state index is 12.2. The highest BCUT2D eigenvalue weighted by atomic mass is 16.2. The third kappa shape index (κ3) is 3.04. The number of fused-ring (bicyclic) bond motifs is 1. The van der Waals surface area contributed by atoms with Crippen molar-refractivity contribution in [3.8, 4) is 5.69 Å². The number of benzene rings is 2. The molecule has 0 spiro atoms. The predicted octanol–water partition coefficient (Wildman–Crippen LogP) is 1.67. The molecule has 26 heavy (non-hydrogen) atoms. The summed E-state index contributed by atoms with van der Waals surface area (Å²) < 4.78 is 1.70. The van der Waals surface area contributed by atoms with Crippen LogP contribution in [0.4, 0.5) is 5.69 Å². The van der Waals surface area contributed by atoms with Gasteiger partial charge in [-0.3, -0.25) is 9.59 Å². The van der Waals surface area contributed by atoms with Gasteiger partial charge in [0.1, 0.15) is 5.52 Å². The van der Waals surface area contributed by atoms with E-state index in [1.165, 1.54) is 0 Å². The quantitative estimate of drug-likeness (QED) is 0.667. The van der Waals surface area contributed by atoms with E-state index in [2.05, 4.69) is 15.7 Å². The second-order valence-electron chi connectivity index (χ2n) is 6.41. The third-order valence-corrected chi connectivity index (χ3v) is 4.63. The van der Waals surface area contributed by atoms with Gasteiger partial charge in [-0.25, -0.2) is 4.68 Å². The molecule has 0 radical (unpaired) electrons. The van der Waals surface area contributed by atoms with E-state index in [1.54, 1.807) is 16.8 Å². The summed E-state index contributed by atoms with van der Waals surface area (Å²) in [7, 11) is 0. The lowest BCUT2D eigenvalue weighted by atomic mass is 10.1. The Morgan fingerprint density at radius 2 is 2.00 bits per heavy atom. The van der Waals surface area contributed by atoms with Crippen LogP contribution in [0.25, 0.3) is 16.6 Å².